The van der Waals surface area contributed by atoms with E-state index < -0.39 is 27.8 Å². The highest BCUT2D eigenvalue weighted by molar-refractivity contribution is 7.90. The number of aromatic hydroxyl groups is 1. The Hall–Kier alpha value is -3.07. The first-order valence-electron chi connectivity index (χ1n) is 7.07. The Kier molecular flexibility index (Phi) is 4.98. The molecule has 132 valence electrons. The molecule has 8 nitrogen and oxygen atoms in total. The lowest BCUT2D eigenvalue weighted by atomic mass is 10.1. The molecule has 0 spiro atoms. The molecule has 0 aliphatic heterocycles. The summed E-state index contributed by atoms with van der Waals surface area (Å²) >= 11 is 0. The van der Waals surface area contributed by atoms with Crippen LogP contribution in [0, 0.1) is 13.8 Å². The topological polar surface area (TPSA) is 133 Å². The fraction of sp³-hybridized carbons (Fsp3) is 0.125. The Morgan fingerprint density at radius 3 is 2.16 bits per heavy atom. The molecule has 0 saturated heterocycles. The number of amides is 2. The van der Waals surface area contributed by atoms with Gasteiger partial charge in [0.05, 0.1) is 4.90 Å². The summed E-state index contributed by atoms with van der Waals surface area (Å²) in [4.78, 5) is 22.8. The predicted octanol–water partition coefficient (Wildman–Crippen LogP) is 2.22. The summed E-state index contributed by atoms with van der Waals surface area (Å²) in [6, 6.07) is 7.21. The monoisotopic (exact) mass is 364 g/mol. The molecule has 25 heavy (non-hydrogen) atoms. The van der Waals surface area contributed by atoms with E-state index in [0.29, 0.717) is 0 Å². The van der Waals surface area contributed by atoms with Crippen LogP contribution >= 0.6 is 0 Å². The third-order valence-corrected chi connectivity index (χ3v) is 4.69. The smallest absolute Gasteiger partial charge is 0.339 e. The van der Waals surface area contributed by atoms with E-state index in [1.54, 1.807) is 19.1 Å². The SMILES string of the molecule is Cc1ccc(S(=O)(=O)NC(=O)Nc2cc(C)c(C(=O)O)c(O)c2)cc1. The summed E-state index contributed by atoms with van der Waals surface area (Å²) in [5, 5.41) is 20.9. The van der Waals surface area contributed by atoms with Gasteiger partial charge in [0.15, 0.2) is 0 Å². The first kappa shape index (κ1) is 18.3. The number of carbonyl (C=O) groups is 2. The number of aryl methyl sites for hydroxylation is 2. The number of hydrogen-bond donors (Lipinski definition) is 4. The number of hydrogen-bond acceptors (Lipinski definition) is 5. The van der Waals surface area contributed by atoms with Crippen LogP contribution in [0.5, 0.6) is 5.75 Å². The van der Waals surface area contributed by atoms with Crippen molar-refractivity contribution in [3.8, 4) is 5.75 Å². The minimum absolute atomic E-state index is 0.0524. The molecule has 0 aliphatic carbocycles. The largest absolute Gasteiger partial charge is 0.507 e. The van der Waals surface area contributed by atoms with Crippen molar-refractivity contribution < 1.29 is 28.2 Å². The van der Waals surface area contributed by atoms with E-state index in [1.807, 2.05) is 4.72 Å². The van der Waals surface area contributed by atoms with Crippen molar-refractivity contribution in [1.29, 1.82) is 0 Å². The third-order valence-electron chi connectivity index (χ3n) is 3.34. The molecule has 0 aromatic heterocycles. The van der Waals surface area contributed by atoms with Crippen LogP contribution in [-0.4, -0.2) is 30.6 Å². The summed E-state index contributed by atoms with van der Waals surface area (Å²) in [7, 11) is -4.06. The fourth-order valence-electron chi connectivity index (χ4n) is 2.17. The van der Waals surface area contributed by atoms with Crippen LogP contribution in [-0.2, 0) is 10.0 Å². The maximum atomic E-state index is 12.1. The van der Waals surface area contributed by atoms with Gasteiger partial charge >= 0.3 is 12.0 Å². The summed E-state index contributed by atoms with van der Waals surface area (Å²) in [5.41, 5.74) is 0.840. The summed E-state index contributed by atoms with van der Waals surface area (Å²) in [5.74, 6) is -1.85. The molecule has 2 rings (SSSR count). The first-order chi connectivity index (χ1) is 11.6. The zero-order valence-electron chi connectivity index (χ0n) is 13.4. The maximum Gasteiger partial charge on any atom is 0.339 e. The molecule has 0 saturated carbocycles. The number of aromatic carboxylic acids is 1. The molecular weight excluding hydrogens is 348 g/mol. The normalized spacial score (nSPS) is 11.0. The van der Waals surface area contributed by atoms with Crippen LogP contribution in [0.2, 0.25) is 0 Å². The highest BCUT2D eigenvalue weighted by Crippen LogP contribution is 2.26. The van der Waals surface area contributed by atoms with Crippen molar-refractivity contribution >= 4 is 27.7 Å². The highest BCUT2D eigenvalue weighted by atomic mass is 32.2. The van der Waals surface area contributed by atoms with Crippen molar-refractivity contribution in [1.82, 2.24) is 4.72 Å². The molecule has 0 aliphatic rings. The van der Waals surface area contributed by atoms with Crippen molar-refractivity contribution in [3.63, 3.8) is 0 Å². The number of phenols is 1. The van der Waals surface area contributed by atoms with E-state index in [2.05, 4.69) is 5.32 Å². The number of rotatable bonds is 4. The predicted molar refractivity (Wildman–Crippen MR) is 90.3 cm³/mol. The van der Waals surface area contributed by atoms with Gasteiger partial charge in [-0.25, -0.2) is 22.7 Å². The lowest BCUT2D eigenvalue weighted by Crippen LogP contribution is -2.34. The van der Waals surface area contributed by atoms with Crippen LogP contribution in [0.3, 0.4) is 0 Å². The van der Waals surface area contributed by atoms with Crippen molar-refractivity contribution in [3.05, 3.63) is 53.1 Å². The molecule has 4 N–H and O–H groups in total. The Labute approximate surface area is 144 Å². The summed E-state index contributed by atoms with van der Waals surface area (Å²) < 4.78 is 26.1. The van der Waals surface area contributed by atoms with Gasteiger partial charge < -0.3 is 15.5 Å². The van der Waals surface area contributed by atoms with Crippen molar-refractivity contribution in [2.45, 2.75) is 18.7 Å². The molecule has 2 aromatic carbocycles. The van der Waals surface area contributed by atoms with Crippen LogP contribution in [0.1, 0.15) is 21.5 Å². The van der Waals surface area contributed by atoms with Gasteiger partial charge in [-0.15, -0.1) is 0 Å². The number of anilines is 1. The number of urea groups is 1. The third kappa shape index (κ3) is 4.27. The number of carbonyl (C=O) groups excluding carboxylic acids is 1. The van der Waals surface area contributed by atoms with Gasteiger partial charge in [-0.3, -0.25) is 0 Å². The molecular formula is C16H16N2O6S. The van der Waals surface area contributed by atoms with Gasteiger partial charge in [-0.05, 0) is 37.6 Å². The number of benzene rings is 2. The van der Waals surface area contributed by atoms with E-state index in [-0.39, 0.29) is 21.7 Å². The second-order valence-corrected chi connectivity index (χ2v) is 7.05. The average Bonchev–Trinajstić information content (AvgIpc) is 2.45. The van der Waals surface area contributed by atoms with Crippen LogP contribution in [0.25, 0.3) is 0 Å². The number of carboxylic acid groups (broad SMARTS) is 1. The molecule has 0 bridgehead atoms. The van der Waals surface area contributed by atoms with Gasteiger partial charge in [0.2, 0.25) is 0 Å². The lowest BCUT2D eigenvalue weighted by Gasteiger charge is -2.11. The second-order valence-electron chi connectivity index (χ2n) is 5.37. The van der Waals surface area contributed by atoms with E-state index in [1.165, 1.54) is 25.1 Å². The van der Waals surface area contributed by atoms with Gasteiger partial charge in [0.1, 0.15) is 11.3 Å². The van der Waals surface area contributed by atoms with Gasteiger partial charge in [-0.2, -0.15) is 0 Å². The summed E-state index contributed by atoms with van der Waals surface area (Å²) in [6.45, 7) is 3.24. The van der Waals surface area contributed by atoms with E-state index in [9.17, 15) is 23.1 Å². The molecule has 0 unspecified atom stereocenters. The molecule has 2 amide bonds. The minimum atomic E-state index is -4.06. The number of carboxylic acids is 1. The van der Waals surface area contributed by atoms with Crippen molar-refractivity contribution in [2.24, 2.45) is 0 Å². The highest BCUT2D eigenvalue weighted by Gasteiger charge is 2.19. The molecule has 2 aromatic rings. The van der Waals surface area contributed by atoms with Gasteiger partial charge in [-0.1, -0.05) is 17.7 Å². The zero-order valence-corrected chi connectivity index (χ0v) is 14.2. The Morgan fingerprint density at radius 1 is 1.04 bits per heavy atom. The lowest BCUT2D eigenvalue weighted by molar-refractivity contribution is 0.0693. The molecule has 0 radical (unpaired) electrons. The van der Waals surface area contributed by atoms with Gasteiger partial charge in [0.25, 0.3) is 10.0 Å². The van der Waals surface area contributed by atoms with Crippen molar-refractivity contribution in [2.75, 3.05) is 5.32 Å². The standard InChI is InChI=1S/C16H16N2O6S/c1-9-3-5-12(6-4-9)25(23,24)18-16(22)17-11-7-10(2)14(15(20)21)13(19)8-11/h3-8,19H,1-2H3,(H,20,21)(H2,17,18,22). The van der Waals surface area contributed by atoms with E-state index >= 15 is 0 Å². The maximum absolute atomic E-state index is 12.1. The van der Waals surface area contributed by atoms with Gasteiger partial charge in [0, 0.05) is 11.8 Å². The van der Waals surface area contributed by atoms with Crippen LogP contribution in [0.15, 0.2) is 41.3 Å². The minimum Gasteiger partial charge on any atom is -0.507 e. The zero-order chi connectivity index (χ0) is 18.8. The first-order valence-corrected chi connectivity index (χ1v) is 8.56. The fourth-order valence-corrected chi connectivity index (χ4v) is 3.08. The molecule has 0 heterocycles. The number of sulfonamides is 1. The molecule has 0 fully saturated rings. The summed E-state index contributed by atoms with van der Waals surface area (Å²) in [6.07, 6.45) is 0. The quantitative estimate of drug-likeness (QED) is 0.657. The molecule has 0 atom stereocenters. The molecule has 9 heteroatoms. The second kappa shape index (κ2) is 6.81. The van der Waals surface area contributed by atoms with E-state index in [4.69, 9.17) is 5.11 Å². The Morgan fingerprint density at radius 2 is 1.64 bits per heavy atom. The Balaban J connectivity index is 2.17. The van der Waals surface area contributed by atoms with E-state index in [0.717, 1.165) is 11.6 Å². The average molecular weight is 364 g/mol. The number of nitrogens with one attached hydrogen (secondary N) is 2. The van der Waals surface area contributed by atoms with Crippen LogP contribution in [0.4, 0.5) is 10.5 Å². The Bertz CT molecular complexity index is 913. The van der Waals surface area contributed by atoms with Crippen LogP contribution < -0.4 is 10.0 Å².